The van der Waals surface area contributed by atoms with Crippen LogP contribution in [-0.4, -0.2) is 81.2 Å². The third-order valence-electron chi connectivity index (χ3n) is 3.22. The lowest BCUT2D eigenvalue weighted by Crippen LogP contribution is -2.17. The Balaban J connectivity index is 3.36. The fourth-order valence-electron chi connectivity index (χ4n) is 1.74. The maximum absolute atomic E-state index is 11.4. The number of hydrogen-bond acceptors (Lipinski definition) is 9. The highest BCUT2D eigenvalue weighted by atomic mass is 32.2. The number of rotatable bonds is 20. The second-order valence-electron chi connectivity index (χ2n) is 5.71. The quantitative estimate of drug-likeness (QED) is 0.207. The smallest absolute Gasteiger partial charge is 0.267 e. The fourth-order valence-corrected chi connectivity index (χ4v) is 3.91. The Kier molecular flexibility index (Phi) is 16.5. The molecule has 0 aliphatic heterocycles. The summed E-state index contributed by atoms with van der Waals surface area (Å²) in [7, 11) is -6.89. The average Bonchev–Trinajstić information content (AvgIpc) is 2.62. The molecule has 0 fully saturated rings. The van der Waals surface area contributed by atoms with Gasteiger partial charge in [-0.2, -0.15) is 16.8 Å². The monoisotopic (exact) mass is 434 g/mol. The highest BCUT2D eigenvalue weighted by molar-refractivity contribution is 7.86. The van der Waals surface area contributed by atoms with Crippen molar-refractivity contribution >= 4 is 20.2 Å². The van der Waals surface area contributed by atoms with Crippen LogP contribution >= 0.6 is 0 Å². The van der Waals surface area contributed by atoms with Crippen LogP contribution < -0.4 is 0 Å². The first-order valence-electron chi connectivity index (χ1n) is 9.30. The molecular weight excluding hydrogens is 400 g/mol. The molecule has 164 valence electrons. The summed E-state index contributed by atoms with van der Waals surface area (Å²) in [5.41, 5.74) is 0. The first-order valence-corrected chi connectivity index (χ1v) is 12.5. The molecule has 0 saturated carbocycles. The molecule has 0 aliphatic carbocycles. The molecule has 0 bridgehead atoms. The molecule has 0 N–H and O–H groups in total. The van der Waals surface area contributed by atoms with Crippen LogP contribution in [0.2, 0.25) is 0 Å². The van der Waals surface area contributed by atoms with E-state index in [0.717, 1.165) is 12.8 Å². The van der Waals surface area contributed by atoms with Gasteiger partial charge in [-0.15, -0.1) is 0 Å². The maximum atomic E-state index is 11.4. The maximum Gasteiger partial charge on any atom is 0.267 e. The minimum absolute atomic E-state index is 0.00365. The van der Waals surface area contributed by atoms with Crippen LogP contribution in [0, 0.1) is 0 Å². The normalized spacial score (nSPS) is 12.5. The van der Waals surface area contributed by atoms with Crippen molar-refractivity contribution in [2.45, 2.75) is 39.5 Å². The van der Waals surface area contributed by atoms with Crippen molar-refractivity contribution in [1.82, 2.24) is 0 Å². The van der Waals surface area contributed by atoms with E-state index in [2.05, 4.69) is 0 Å². The van der Waals surface area contributed by atoms with Gasteiger partial charge in [0.1, 0.15) is 0 Å². The zero-order valence-corrected chi connectivity index (χ0v) is 18.0. The minimum atomic E-state index is -3.45. The predicted octanol–water partition coefficient (Wildman–Crippen LogP) is 1.33. The molecule has 0 atom stereocenters. The first kappa shape index (κ1) is 26.7. The molecule has 0 amide bonds. The first-order chi connectivity index (χ1) is 12.8. The van der Waals surface area contributed by atoms with Crippen molar-refractivity contribution < 1.29 is 39.4 Å². The summed E-state index contributed by atoms with van der Waals surface area (Å²) in [6.45, 7) is 5.49. The summed E-state index contributed by atoms with van der Waals surface area (Å²) in [4.78, 5) is 0. The Morgan fingerprint density at radius 1 is 0.519 bits per heavy atom. The third kappa shape index (κ3) is 18.8. The Morgan fingerprint density at radius 2 is 0.815 bits per heavy atom. The van der Waals surface area contributed by atoms with Crippen LogP contribution in [0.1, 0.15) is 39.5 Å². The highest BCUT2D eigenvalue weighted by Crippen LogP contribution is 1.99. The van der Waals surface area contributed by atoms with Crippen LogP contribution in [0.15, 0.2) is 0 Å². The molecule has 9 nitrogen and oxygen atoms in total. The molecule has 0 heterocycles. The number of unbranched alkanes of at least 4 members (excludes halogenated alkanes) is 2. The van der Waals surface area contributed by atoms with Gasteiger partial charge >= 0.3 is 0 Å². The predicted molar refractivity (Wildman–Crippen MR) is 102 cm³/mol. The van der Waals surface area contributed by atoms with Crippen molar-refractivity contribution in [1.29, 1.82) is 0 Å². The fraction of sp³-hybridized carbons (Fsp3) is 1.00. The van der Waals surface area contributed by atoms with Crippen LogP contribution in [0.5, 0.6) is 0 Å². The van der Waals surface area contributed by atoms with E-state index in [0.29, 0.717) is 39.3 Å². The second-order valence-corrected chi connectivity index (χ2v) is 9.23. The summed E-state index contributed by atoms with van der Waals surface area (Å²) >= 11 is 0. The van der Waals surface area contributed by atoms with Gasteiger partial charge in [-0.1, -0.05) is 26.7 Å². The Bertz CT molecular complexity index is 484. The molecule has 11 heteroatoms. The lowest BCUT2D eigenvalue weighted by atomic mass is 10.4. The van der Waals surface area contributed by atoms with Crippen molar-refractivity contribution in [3.05, 3.63) is 0 Å². The molecular formula is C16H34O9S2. The second kappa shape index (κ2) is 16.6. The molecule has 0 aliphatic rings. The summed E-state index contributed by atoms with van der Waals surface area (Å²) in [6, 6.07) is 0. The molecule has 0 spiro atoms. The van der Waals surface area contributed by atoms with Gasteiger partial charge in [0.05, 0.1) is 64.4 Å². The Labute approximate surface area is 163 Å². The Morgan fingerprint density at radius 3 is 1.11 bits per heavy atom. The van der Waals surface area contributed by atoms with E-state index in [9.17, 15) is 16.8 Å². The summed E-state index contributed by atoms with van der Waals surface area (Å²) < 4.78 is 70.9. The van der Waals surface area contributed by atoms with Crippen molar-refractivity contribution in [2.24, 2.45) is 0 Å². The van der Waals surface area contributed by atoms with Crippen molar-refractivity contribution in [3.63, 3.8) is 0 Å². The van der Waals surface area contributed by atoms with E-state index in [1.54, 1.807) is 0 Å². The highest BCUT2D eigenvalue weighted by Gasteiger charge is 2.10. The standard InChI is InChI=1S/C16H34O9S2/c1-3-5-15-26(17,18)24-13-11-22-9-7-21-8-10-23-12-14-25-27(19,20)16-6-4-2/h3-16H2,1-2H3. The summed E-state index contributed by atoms with van der Waals surface area (Å²) in [6.07, 6.45) is 2.76. The molecule has 0 rings (SSSR count). The lowest BCUT2D eigenvalue weighted by Gasteiger charge is -2.08. The van der Waals surface area contributed by atoms with E-state index >= 15 is 0 Å². The van der Waals surface area contributed by atoms with E-state index in [4.69, 9.17) is 22.6 Å². The van der Waals surface area contributed by atoms with E-state index in [-0.39, 0.29) is 37.9 Å². The van der Waals surface area contributed by atoms with E-state index < -0.39 is 20.2 Å². The van der Waals surface area contributed by atoms with Gasteiger partial charge < -0.3 is 14.2 Å². The van der Waals surface area contributed by atoms with Crippen LogP contribution in [-0.2, 0) is 42.8 Å². The molecule has 0 saturated heterocycles. The Hall–Kier alpha value is -0.300. The van der Waals surface area contributed by atoms with Gasteiger partial charge in [-0.3, -0.25) is 8.37 Å². The third-order valence-corrected chi connectivity index (χ3v) is 5.85. The lowest BCUT2D eigenvalue weighted by molar-refractivity contribution is 0.00558. The molecule has 0 unspecified atom stereocenters. The molecule has 0 aromatic carbocycles. The van der Waals surface area contributed by atoms with Gasteiger partial charge in [0, 0.05) is 0 Å². The van der Waals surface area contributed by atoms with Gasteiger partial charge in [0.2, 0.25) is 0 Å². The molecule has 0 aromatic rings. The van der Waals surface area contributed by atoms with E-state index in [1.807, 2.05) is 13.8 Å². The van der Waals surface area contributed by atoms with Crippen LogP contribution in [0.4, 0.5) is 0 Å². The zero-order chi connectivity index (χ0) is 20.4. The van der Waals surface area contributed by atoms with Crippen molar-refractivity contribution in [3.8, 4) is 0 Å². The van der Waals surface area contributed by atoms with Crippen LogP contribution in [0.3, 0.4) is 0 Å². The molecule has 0 aromatic heterocycles. The molecule has 0 radical (unpaired) electrons. The summed E-state index contributed by atoms with van der Waals surface area (Å²) in [5.74, 6) is 0.0602. The average molecular weight is 435 g/mol. The van der Waals surface area contributed by atoms with E-state index in [1.165, 1.54) is 0 Å². The zero-order valence-electron chi connectivity index (χ0n) is 16.4. The minimum Gasteiger partial charge on any atom is -0.377 e. The van der Waals surface area contributed by atoms with Gasteiger partial charge in [-0.05, 0) is 12.8 Å². The number of hydrogen-bond donors (Lipinski definition) is 0. The molecule has 27 heavy (non-hydrogen) atoms. The summed E-state index contributed by atoms with van der Waals surface area (Å²) in [5, 5.41) is 0. The van der Waals surface area contributed by atoms with Crippen LogP contribution in [0.25, 0.3) is 0 Å². The SMILES string of the molecule is CCCCS(=O)(=O)OCCOCCOCCOCCOS(=O)(=O)CCCC. The van der Waals surface area contributed by atoms with Crippen molar-refractivity contribution in [2.75, 3.05) is 64.4 Å². The number of ether oxygens (including phenoxy) is 3. The van der Waals surface area contributed by atoms with Gasteiger partial charge in [0.15, 0.2) is 0 Å². The topological polar surface area (TPSA) is 114 Å². The van der Waals surface area contributed by atoms with Gasteiger partial charge in [0.25, 0.3) is 20.2 Å². The van der Waals surface area contributed by atoms with Gasteiger partial charge in [-0.25, -0.2) is 0 Å². The largest absolute Gasteiger partial charge is 0.377 e.